The Morgan fingerprint density at radius 2 is 1.55 bits per heavy atom. The molecular formula is C11H18N5O4+. The summed E-state index contributed by atoms with van der Waals surface area (Å²) in [7, 11) is 9.44. The quantitative estimate of drug-likeness (QED) is 0.256. The number of urea groups is 1. The molecule has 0 aromatic carbocycles. The van der Waals surface area contributed by atoms with Gasteiger partial charge in [0.1, 0.15) is 0 Å². The zero-order chi connectivity index (χ0) is 15.6. The molecule has 0 atom stereocenters. The number of barbiturate groups is 1. The normalized spacial score (nSPS) is 15.5. The highest BCUT2D eigenvalue weighted by Crippen LogP contribution is 2.07. The zero-order valence-corrected chi connectivity index (χ0v) is 12.4. The molecule has 4 amide bonds. The van der Waals surface area contributed by atoms with Gasteiger partial charge in [-0.1, -0.05) is 5.16 Å². The summed E-state index contributed by atoms with van der Waals surface area (Å²) in [4.78, 5) is 43.6. The summed E-state index contributed by atoms with van der Waals surface area (Å²) in [5.41, 5.74) is -0.448. The molecule has 1 aliphatic heterocycles. The Hall–Kier alpha value is -2.45. The van der Waals surface area contributed by atoms with Gasteiger partial charge in [-0.25, -0.2) is 14.3 Å². The van der Waals surface area contributed by atoms with Crippen molar-refractivity contribution >= 4 is 29.6 Å². The molecule has 0 aromatic rings. The Balaban J connectivity index is 3.09. The van der Waals surface area contributed by atoms with Gasteiger partial charge in [0.15, 0.2) is 0 Å². The first kappa shape index (κ1) is 15.6. The molecule has 0 spiro atoms. The molecule has 9 nitrogen and oxygen atoms in total. The minimum Gasteiger partial charge on any atom is -0.278 e. The fourth-order valence-corrected chi connectivity index (χ4v) is 1.54. The lowest BCUT2D eigenvalue weighted by Crippen LogP contribution is -2.57. The van der Waals surface area contributed by atoms with E-state index in [0.29, 0.717) is 6.02 Å². The smallest absolute Gasteiger partial charge is 0.278 e. The topological polar surface area (TPSA) is 85.5 Å². The number of oxime groups is 1. The van der Waals surface area contributed by atoms with Crippen molar-refractivity contribution in [1.29, 1.82) is 0 Å². The third kappa shape index (κ3) is 2.76. The molecule has 0 radical (unpaired) electrons. The maximum atomic E-state index is 11.9. The maximum absolute atomic E-state index is 11.9. The summed E-state index contributed by atoms with van der Waals surface area (Å²) in [6.07, 6.45) is 0. The van der Waals surface area contributed by atoms with Crippen LogP contribution in [0.2, 0.25) is 0 Å². The van der Waals surface area contributed by atoms with E-state index in [9.17, 15) is 14.4 Å². The van der Waals surface area contributed by atoms with Crippen LogP contribution in [0.25, 0.3) is 0 Å². The van der Waals surface area contributed by atoms with E-state index in [1.54, 1.807) is 37.7 Å². The van der Waals surface area contributed by atoms with Crippen molar-refractivity contribution in [3.8, 4) is 0 Å². The van der Waals surface area contributed by atoms with Crippen molar-refractivity contribution in [3.05, 3.63) is 0 Å². The minimum atomic E-state index is -0.796. The molecule has 110 valence electrons. The third-order valence-corrected chi connectivity index (χ3v) is 2.57. The van der Waals surface area contributed by atoms with Crippen molar-refractivity contribution in [2.45, 2.75) is 0 Å². The summed E-state index contributed by atoms with van der Waals surface area (Å²) >= 11 is 0. The summed E-state index contributed by atoms with van der Waals surface area (Å²) < 4.78 is 1.63. The molecule has 1 aliphatic rings. The van der Waals surface area contributed by atoms with E-state index in [0.717, 1.165) is 9.80 Å². The molecule has 0 bridgehead atoms. The first-order chi connectivity index (χ1) is 9.18. The average molecular weight is 284 g/mol. The van der Waals surface area contributed by atoms with Crippen LogP contribution in [0, 0.1) is 0 Å². The molecule has 1 heterocycles. The number of carbonyl (C=O) groups excluding carboxylic acids is 3. The minimum absolute atomic E-state index is 0.334. The van der Waals surface area contributed by atoms with Crippen molar-refractivity contribution in [2.24, 2.45) is 5.16 Å². The van der Waals surface area contributed by atoms with Crippen LogP contribution in [0.4, 0.5) is 4.79 Å². The summed E-state index contributed by atoms with van der Waals surface area (Å²) in [5.74, 6) is -1.59. The lowest BCUT2D eigenvalue weighted by molar-refractivity contribution is -0.480. The van der Waals surface area contributed by atoms with Gasteiger partial charge in [-0.05, 0) is 0 Å². The van der Waals surface area contributed by atoms with Gasteiger partial charge in [0, 0.05) is 14.1 Å². The Bertz CT molecular complexity index is 493. The molecular weight excluding hydrogens is 266 g/mol. The summed E-state index contributed by atoms with van der Waals surface area (Å²) in [6.45, 7) is 0. The second-order valence-electron chi connectivity index (χ2n) is 4.61. The predicted molar refractivity (Wildman–Crippen MR) is 70.3 cm³/mol. The van der Waals surface area contributed by atoms with Crippen LogP contribution >= 0.6 is 0 Å². The van der Waals surface area contributed by atoms with E-state index in [1.807, 2.05) is 0 Å². The maximum Gasteiger partial charge on any atom is 0.471 e. The number of imide groups is 2. The van der Waals surface area contributed by atoms with Gasteiger partial charge in [-0.15, -0.1) is 0 Å². The molecule has 0 N–H and O–H groups in total. The Morgan fingerprint density at radius 3 is 1.90 bits per heavy atom. The Labute approximate surface area is 116 Å². The van der Waals surface area contributed by atoms with Crippen LogP contribution in [-0.4, -0.2) is 91.1 Å². The van der Waals surface area contributed by atoms with Crippen LogP contribution in [-0.2, 0) is 14.4 Å². The van der Waals surface area contributed by atoms with E-state index >= 15 is 0 Å². The monoisotopic (exact) mass is 284 g/mol. The number of rotatable bonds is 1. The van der Waals surface area contributed by atoms with Gasteiger partial charge >= 0.3 is 12.1 Å². The number of nitrogens with zero attached hydrogens (tertiary/aromatic N) is 5. The highest BCUT2D eigenvalue weighted by Gasteiger charge is 2.40. The van der Waals surface area contributed by atoms with Crippen LogP contribution in [0.15, 0.2) is 5.16 Å². The largest absolute Gasteiger partial charge is 0.471 e. The second-order valence-corrected chi connectivity index (χ2v) is 4.61. The number of hydrogen-bond acceptors (Lipinski definition) is 5. The summed E-state index contributed by atoms with van der Waals surface area (Å²) in [6, 6.07) is -0.372. The highest BCUT2D eigenvalue weighted by molar-refractivity contribution is 6.68. The first-order valence-corrected chi connectivity index (χ1v) is 5.75. The molecule has 0 aliphatic carbocycles. The highest BCUT2D eigenvalue weighted by atomic mass is 16.7. The Morgan fingerprint density at radius 1 is 1.10 bits per heavy atom. The molecule has 0 aromatic heterocycles. The first-order valence-electron chi connectivity index (χ1n) is 5.75. The molecule has 1 fully saturated rings. The average Bonchev–Trinajstić information content (AvgIpc) is 2.37. The molecule has 9 heteroatoms. The van der Waals surface area contributed by atoms with Crippen LogP contribution < -0.4 is 0 Å². The van der Waals surface area contributed by atoms with Gasteiger partial charge in [0.25, 0.3) is 11.8 Å². The molecule has 1 rings (SSSR count). The molecule has 20 heavy (non-hydrogen) atoms. The SMILES string of the molecule is CN(C)C(ON=C1C(=O)N(C)C(=O)N(C)C1=O)=[N+](C)C. The van der Waals surface area contributed by atoms with Gasteiger partial charge in [0.05, 0.1) is 28.2 Å². The Kier molecular flexibility index (Phi) is 4.43. The van der Waals surface area contributed by atoms with E-state index in [-0.39, 0.29) is 0 Å². The van der Waals surface area contributed by atoms with Gasteiger partial charge in [-0.2, -0.15) is 0 Å². The van der Waals surface area contributed by atoms with Crippen molar-refractivity contribution in [2.75, 3.05) is 42.3 Å². The number of amidine groups is 1. The zero-order valence-electron chi connectivity index (χ0n) is 12.4. The van der Waals surface area contributed by atoms with Crippen molar-refractivity contribution in [1.82, 2.24) is 14.7 Å². The van der Waals surface area contributed by atoms with Crippen LogP contribution in [0.3, 0.4) is 0 Å². The number of hydrogen-bond donors (Lipinski definition) is 0. The number of carbonyl (C=O) groups is 3. The fourth-order valence-electron chi connectivity index (χ4n) is 1.54. The van der Waals surface area contributed by atoms with Gasteiger partial charge < -0.3 is 0 Å². The molecule has 0 saturated carbocycles. The number of amides is 4. The lowest BCUT2D eigenvalue weighted by Gasteiger charge is -2.27. The third-order valence-electron chi connectivity index (χ3n) is 2.57. The van der Waals surface area contributed by atoms with Crippen molar-refractivity contribution in [3.63, 3.8) is 0 Å². The second kappa shape index (κ2) is 5.68. The van der Waals surface area contributed by atoms with E-state index in [4.69, 9.17) is 4.84 Å². The lowest BCUT2D eigenvalue weighted by atomic mass is 10.2. The van der Waals surface area contributed by atoms with Gasteiger partial charge in [-0.3, -0.25) is 24.2 Å². The van der Waals surface area contributed by atoms with Gasteiger partial charge in [0.2, 0.25) is 5.71 Å². The van der Waals surface area contributed by atoms with Crippen LogP contribution in [0.5, 0.6) is 0 Å². The van der Waals surface area contributed by atoms with E-state index in [1.165, 1.54) is 14.1 Å². The van der Waals surface area contributed by atoms with E-state index < -0.39 is 23.6 Å². The van der Waals surface area contributed by atoms with Crippen LogP contribution in [0.1, 0.15) is 0 Å². The fraction of sp³-hybridized carbons (Fsp3) is 0.545. The molecule has 0 unspecified atom stereocenters. The predicted octanol–water partition coefficient (Wildman–Crippen LogP) is -1.40. The standard InChI is InChI=1S/C11H18N5O4/c1-13(2)11(14(3)4)20-12-7-8(17)15(5)10(19)16(6)9(7)18/h1-6H3/q+1. The van der Waals surface area contributed by atoms with E-state index in [2.05, 4.69) is 5.16 Å². The van der Waals surface area contributed by atoms with Crippen molar-refractivity contribution < 1.29 is 23.8 Å². The summed E-state index contributed by atoms with van der Waals surface area (Å²) in [5, 5.41) is 3.58. The molecule has 1 saturated heterocycles.